The molecule has 0 aliphatic rings. The van der Waals surface area contributed by atoms with Crippen molar-refractivity contribution in [3.05, 3.63) is 187 Å². The van der Waals surface area contributed by atoms with Crippen LogP contribution in [0.4, 0.5) is 10.1 Å². The average Bonchev–Trinajstić information content (AvgIpc) is 3.08. The number of phenolic OH excluding ortho intramolecular Hbond substituents is 1. The fourth-order valence-electron chi connectivity index (χ4n) is 4.36. The molecule has 0 atom stereocenters. The van der Waals surface area contributed by atoms with Crippen molar-refractivity contribution in [2.24, 2.45) is 4.99 Å². The van der Waals surface area contributed by atoms with E-state index in [9.17, 15) is 9.50 Å². The summed E-state index contributed by atoms with van der Waals surface area (Å²) in [6.07, 6.45) is 1.49. The molecule has 0 aromatic heterocycles. The Hall–Kier alpha value is -4.36. The number of aromatic hydroxyl groups is 1. The topological polar surface area (TPSA) is 32.6 Å². The fraction of sp³-hybridized carbons (Fsp3) is 0.0750. The summed E-state index contributed by atoms with van der Waals surface area (Å²) in [4.78, 5) is 4.23. The smallest absolute Gasteiger partial charge is 0.128 e. The summed E-state index contributed by atoms with van der Waals surface area (Å²) in [6.45, 7) is 3.82. The van der Waals surface area contributed by atoms with Gasteiger partial charge in [-0.3, -0.25) is 4.99 Å². The number of halogens is 1. The second kappa shape index (κ2) is 19.1. The zero-order valence-corrected chi connectivity index (χ0v) is 27.2. The number of nitrogens with zero attached hydrogens (tertiary/aromatic N) is 1. The Labute approximate surface area is 278 Å². The zero-order valence-electron chi connectivity index (χ0n) is 25.3. The third-order valence-corrected chi connectivity index (χ3v) is 8.96. The largest absolute Gasteiger partial charge is 0.507 e. The molecule has 0 saturated heterocycles. The quantitative estimate of drug-likeness (QED) is 0.0825. The van der Waals surface area contributed by atoms with Crippen LogP contribution in [0.2, 0.25) is 0 Å². The average molecular weight is 655 g/mol. The van der Waals surface area contributed by atoms with Gasteiger partial charge in [-0.15, -0.1) is 0 Å². The van der Waals surface area contributed by atoms with Gasteiger partial charge in [0, 0.05) is 28.3 Å². The van der Waals surface area contributed by atoms with Crippen molar-refractivity contribution in [2.45, 2.75) is 19.8 Å². The van der Waals surface area contributed by atoms with Crippen molar-refractivity contribution in [1.82, 2.24) is 0 Å². The first-order valence-corrected chi connectivity index (χ1v) is 15.8. The molecule has 0 saturated carbocycles. The van der Waals surface area contributed by atoms with Gasteiger partial charge in [-0.2, -0.15) is 36.4 Å². The molecule has 0 heterocycles. The number of rotatable bonds is 6. The molecule has 0 spiro atoms. The van der Waals surface area contributed by atoms with Crippen molar-refractivity contribution < 1.29 is 26.0 Å². The van der Waals surface area contributed by atoms with E-state index < -0.39 is 7.92 Å². The van der Waals surface area contributed by atoms with E-state index in [-0.39, 0.29) is 34.0 Å². The maximum absolute atomic E-state index is 13.5. The van der Waals surface area contributed by atoms with Crippen LogP contribution in [0.3, 0.4) is 0 Å². The second-order valence-corrected chi connectivity index (χ2v) is 12.3. The van der Waals surface area contributed by atoms with E-state index in [4.69, 9.17) is 0 Å². The molecule has 0 aliphatic carbocycles. The molecule has 0 unspecified atom stereocenters. The molecule has 5 heteroatoms. The van der Waals surface area contributed by atoms with E-state index in [1.807, 2.05) is 74.5 Å². The minimum absolute atomic E-state index is 0. The zero-order chi connectivity index (χ0) is 31.0. The molecule has 6 aromatic rings. The van der Waals surface area contributed by atoms with Crippen LogP contribution in [0.15, 0.2) is 169 Å². The molecule has 0 aliphatic heterocycles. The van der Waals surface area contributed by atoms with E-state index in [1.54, 1.807) is 0 Å². The third kappa shape index (κ3) is 11.3. The van der Waals surface area contributed by atoms with Crippen LogP contribution in [0.1, 0.15) is 30.9 Å². The van der Waals surface area contributed by atoms with E-state index in [1.165, 1.54) is 34.3 Å². The summed E-state index contributed by atoms with van der Waals surface area (Å²) in [5.41, 5.74) is 1.75. The minimum Gasteiger partial charge on any atom is -0.507 e. The first-order chi connectivity index (χ1) is 21.5. The Bertz CT molecular complexity index is 1560. The number of aliphatic imine (C=N–C) groups is 1. The molecule has 0 fully saturated rings. The fourth-order valence-corrected chi connectivity index (χ4v) is 6.66. The number of hydrogen-bond acceptors (Lipinski definition) is 2. The second-order valence-electron chi connectivity index (χ2n) is 10.1. The third-order valence-electron chi connectivity index (χ3n) is 6.51. The van der Waals surface area contributed by atoms with Gasteiger partial charge < -0.3 is 5.11 Å². The van der Waals surface area contributed by atoms with Gasteiger partial charge in [0.25, 0.3) is 0 Å². The SMILES string of the molecule is CC(C)c1cc(F)cc(C=Nc2ccccc2)c1O.[Ni].[c-]1ccccc1.c1ccc(P(c2ccccc2)c2ccccc2)cc1. The molecular weight excluding hydrogens is 619 g/mol. The predicted octanol–water partition coefficient (Wildman–Crippen LogP) is 9.33. The molecular formula is C40H36FNNiOP-. The van der Waals surface area contributed by atoms with E-state index in [2.05, 4.69) is 102 Å². The van der Waals surface area contributed by atoms with Crippen LogP contribution in [-0.2, 0) is 16.5 Å². The summed E-state index contributed by atoms with van der Waals surface area (Å²) in [5, 5.41) is 14.3. The molecule has 45 heavy (non-hydrogen) atoms. The molecule has 2 nitrogen and oxygen atoms in total. The van der Waals surface area contributed by atoms with Gasteiger partial charge in [-0.05, 0) is 59.6 Å². The summed E-state index contributed by atoms with van der Waals surface area (Å²) in [7, 11) is -0.446. The predicted molar refractivity (Wildman–Crippen MR) is 186 cm³/mol. The summed E-state index contributed by atoms with van der Waals surface area (Å²) in [6, 6.07) is 56.8. The van der Waals surface area contributed by atoms with Crippen LogP contribution in [0.25, 0.3) is 0 Å². The summed E-state index contributed by atoms with van der Waals surface area (Å²) >= 11 is 0. The van der Waals surface area contributed by atoms with Gasteiger partial charge in [0.05, 0.1) is 5.69 Å². The standard InChI is InChI=1S/C18H15P.C16H16FNO.C6H5.Ni/c1-4-10-16(11-5-1)19(17-12-6-2-7-13-17)18-14-8-3-9-15-18;1-11(2)15-9-13(17)8-12(16(15)19)10-18-14-6-4-3-5-7-14;1-2-4-6-5-3-1;/h1-15H;3-11,19H,1-2H3;1-5H;/q;;-1;. The molecule has 230 valence electrons. The molecule has 0 amide bonds. The van der Waals surface area contributed by atoms with E-state index in [0.717, 1.165) is 5.69 Å². The molecule has 1 N–H and O–H groups in total. The van der Waals surface area contributed by atoms with Gasteiger partial charge >= 0.3 is 0 Å². The Morgan fingerprint density at radius 3 is 1.44 bits per heavy atom. The number of hydrogen-bond donors (Lipinski definition) is 1. The van der Waals surface area contributed by atoms with Crippen LogP contribution in [0.5, 0.6) is 5.75 Å². The van der Waals surface area contributed by atoms with Crippen molar-refractivity contribution in [3.63, 3.8) is 0 Å². The molecule has 0 radical (unpaired) electrons. The Morgan fingerprint density at radius 2 is 1.07 bits per heavy atom. The van der Waals surface area contributed by atoms with Gasteiger partial charge in [0.1, 0.15) is 11.6 Å². The van der Waals surface area contributed by atoms with Crippen molar-refractivity contribution in [1.29, 1.82) is 0 Å². The first-order valence-electron chi connectivity index (χ1n) is 14.5. The van der Waals surface area contributed by atoms with Gasteiger partial charge in [0.2, 0.25) is 0 Å². The van der Waals surface area contributed by atoms with Crippen LogP contribution < -0.4 is 15.9 Å². The Kier molecular flexibility index (Phi) is 14.9. The summed E-state index contributed by atoms with van der Waals surface area (Å²) in [5.74, 6) is -0.216. The normalized spacial score (nSPS) is 10.3. The van der Waals surface area contributed by atoms with Crippen LogP contribution in [0, 0.1) is 11.9 Å². The first kappa shape index (κ1) is 35.1. The number of benzene rings is 6. The molecule has 6 rings (SSSR count). The van der Waals surface area contributed by atoms with Gasteiger partial charge in [-0.25, -0.2) is 4.39 Å². The van der Waals surface area contributed by atoms with E-state index >= 15 is 0 Å². The maximum atomic E-state index is 13.5. The monoisotopic (exact) mass is 654 g/mol. The Morgan fingerprint density at radius 1 is 0.644 bits per heavy atom. The van der Waals surface area contributed by atoms with Crippen LogP contribution >= 0.6 is 7.92 Å². The van der Waals surface area contributed by atoms with Gasteiger partial charge in [-0.1, -0.05) is 123 Å². The van der Waals surface area contributed by atoms with Gasteiger partial charge in [0.15, 0.2) is 0 Å². The van der Waals surface area contributed by atoms with E-state index in [0.29, 0.717) is 11.1 Å². The number of para-hydroxylation sites is 1. The molecule has 0 bridgehead atoms. The van der Waals surface area contributed by atoms with Crippen LogP contribution in [-0.4, -0.2) is 11.3 Å². The summed E-state index contributed by atoms with van der Waals surface area (Å²) < 4.78 is 13.5. The number of phenols is 1. The minimum atomic E-state index is -0.446. The Balaban J connectivity index is 0.000000203. The van der Waals surface area contributed by atoms with Crippen molar-refractivity contribution >= 4 is 35.7 Å². The molecule has 6 aromatic carbocycles. The van der Waals surface area contributed by atoms with Crippen molar-refractivity contribution in [2.75, 3.05) is 0 Å². The maximum Gasteiger partial charge on any atom is 0.128 e. The van der Waals surface area contributed by atoms with Crippen molar-refractivity contribution in [3.8, 4) is 5.75 Å².